The minimum Gasteiger partial charge on any atom is -0.376 e. The van der Waals surface area contributed by atoms with Crippen molar-refractivity contribution in [1.29, 1.82) is 5.26 Å². The molecule has 0 aliphatic carbocycles. The van der Waals surface area contributed by atoms with Gasteiger partial charge in [-0.25, -0.2) is 0 Å². The Balaban J connectivity index is 1.59. The van der Waals surface area contributed by atoms with Crippen LogP contribution in [-0.2, 0) is 11.0 Å². The summed E-state index contributed by atoms with van der Waals surface area (Å²) >= 11 is 0. The van der Waals surface area contributed by atoms with E-state index < -0.39 is 11.7 Å². The Kier molecular flexibility index (Phi) is 5.73. The molecule has 8 heteroatoms. The number of nitriles is 1. The van der Waals surface area contributed by atoms with Gasteiger partial charge in [0.15, 0.2) is 0 Å². The molecule has 28 heavy (non-hydrogen) atoms. The van der Waals surface area contributed by atoms with Gasteiger partial charge in [0.2, 0.25) is 5.91 Å². The second-order valence-corrected chi connectivity index (χ2v) is 6.43. The van der Waals surface area contributed by atoms with E-state index >= 15 is 0 Å². The van der Waals surface area contributed by atoms with Crippen LogP contribution in [0.1, 0.15) is 11.1 Å². The van der Waals surface area contributed by atoms with Gasteiger partial charge < -0.3 is 15.1 Å². The van der Waals surface area contributed by atoms with Gasteiger partial charge in [-0.1, -0.05) is 18.2 Å². The number of anilines is 2. The highest BCUT2D eigenvalue weighted by Gasteiger charge is 2.34. The molecule has 0 aromatic heterocycles. The first-order valence-electron chi connectivity index (χ1n) is 8.81. The van der Waals surface area contributed by atoms with Crippen LogP contribution < -0.4 is 10.2 Å². The number of hydrogen-bond acceptors (Lipinski definition) is 4. The number of carbonyl (C=O) groups is 1. The molecule has 0 spiro atoms. The third-order valence-corrected chi connectivity index (χ3v) is 4.64. The summed E-state index contributed by atoms with van der Waals surface area (Å²) in [6.07, 6.45) is -4.61. The Labute approximate surface area is 161 Å². The molecule has 0 atom stereocenters. The van der Waals surface area contributed by atoms with Gasteiger partial charge in [-0.3, -0.25) is 4.79 Å². The van der Waals surface area contributed by atoms with E-state index in [0.29, 0.717) is 26.2 Å². The van der Waals surface area contributed by atoms with Crippen LogP contribution in [0.25, 0.3) is 0 Å². The van der Waals surface area contributed by atoms with E-state index in [4.69, 9.17) is 5.26 Å². The molecule has 1 aliphatic heterocycles. The SMILES string of the molecule is N#Cc1ccc(NCC(=O)N2CCN(c3ccccc3)CC2)c(C(F)(F)F)c1. The first-order chi connectivity index (χ1) is 13.4. The molecule has 1 heterocycles. The minimum absolute atomic E-state index is 0.0822. The zero-order chi connectivity index (χ0) is 20.1. The number of piperazine rings is 1. The molecule has 1 fully saturated rings. The van der Waals surface area contributed by atoms with E-state index in [2.05, 4.69) is 10.2 Å². The van der Waals surface area contributed by atoms with Crippen LogP contribution in [0.2, 0.25) is 0 Å². The van der Waals surface area contributed by atoms with Crippen molar-refractivity contribution in [2.75, 3.05) is 42.9 Å². The van der Waals surface area contributed by atoms with Crippen LogP contribution in [0.4, 0.5) is 24.5 Å². The van der Waals surface area contributed by atoms with E-state index in [0.717, 1.165) is 11.8 Å². The van der Waals surface area contributed by atoms with E-state index in [1.54, 1.807) is 11.0 Å². The molecule has 1 saturated heterocycles. The summed E-state index contributed by atoms with van der Waals surface area (Å²) < 4.78 is 39.6. The second kappa shape index (κ2) is 8.21. The molecule has 1 N–H and O–H groups in total. The van der Waals surface area contributed by atoms with Crippen molar-refractivity contribution in [2.24, 2.45) is 0 Å². The maximum atomic E-state index is 13.2. The Bertz CT molecular complexity index is 869. The van der Waals surface area contributed by atoms with Gasteiger partial charge in [-0.15, -0.1) is 0 Å². The molecule has 5 nitrogen and oxygen atoms in total. The summed E-state index contributed by atoms with van der Waals surface area (Å²) in [6.45, 7) is 2.12. The minimum atomic E-state index is -4.61. The number of amides is 1. The normalized spacial score (nSPS) is 14.5. The van der Waals surface area contributed by atoms with Crippen LogP contribution in [-0.4, -0.2) is 43.5 Å². The summed E-state index contributed by atoms with van der Waals surface area (Å²) in [7, 11) is 0. The van der Waals surface area contributed by atoms with Gasteiger partial charge in [0.25, 0.3) is 0 Å². The number of hydrogen-bond donors (Lipinski definition) is 1. The highest BCUT2D eigenvalue weighted by molar-refractivity contribution is 5.81. The van der Waals surface area contributed by atoms with E-state index in [1.807, 2.05) is 30.3 Å². The molecule has 0 bridgehead atoms. The summed E-state index contributed by atoms with van der Waals surface area (Å²) in [4.78, 5) is 16.2. The lowest BCUT2D eigenvalue weighted by Crippen LogP contribution is -2.50. The average molecular weight is 388 g/mol. The first kappa shape index (κ1) is 19.5. The molecule has 2 aromatic rings. The van der Waals surface area contributed by atoms with Gasteiger partial charge >= 0.3 is 6.18 Å². The van der Waals surface area contributed by atoms with E-state index in [1.165, 1.54) is 12.1 Å². The average Bonchev–Trinajstić information content (AvgIpc) is 2.72. The van der Waals surface area contributed by atoms with Crippen molar-refractivity contribution >= 4 is 17.3 Å². The number of alkyl halides is 3. The predicted molar refractivity (Wildman–Crippen MR) is 99.9 cm³/mol. The summed E-state index contributed by atoms with van der Waals surface area (Å²) in [5.74, 6) is -0.259. The quantitative estimate of drug-likeness (QED) is 0.873. The van der Waals surface area contributed by atoms with Crippen molar-refractivity contribution < 1.29 is 18.0 Å². The van der Waals surface area contributed by atoms with Crippen molar-refractivity contribution in [3.63, 3.8) is 0 Å². The van der Waals surface area contributed by atoms with Crippen LogP contribution >= 0.6 is 0 Å². The Morgan fingerprint density at radius 3 is 2.36 bits per heavy atom. The largest absolute Gasteiger partial charge is 0.418 e. The molecule has 146 valence electrons. The monoisotopic (exact) mass is 388 g/mol. The molecular weight excluding hydrogens is 369 g/mol. The summed E-state index contributed by atoms with van der Waals surface area (Å²) in [5.41, 5.74) is -0.155. The van der Waals surface area contributed by atoms with Crippen molar-refractivity contribution in [3.8, 4) is 6.07 Å². The number of nitrogens with zero attached hydrogens (tertiary/aromatic N) is 3. The molecule has 3 rings (SSSR count). The molecule has 2 aromatic carbocycles. The molecular formula is C20H19F3N4O. The number of halogens is 3. The highest BCUT2D eigenvalue weighted by atomic mass is 19.4. The maximum Gasteiger partial charge on any atom is 0.418 e. The summed E-state index contributed by atoms with van der Waals surface area (Å²) in [6, 6.07) is 14.8. The highest BCUT2D eigenvalue weighted by Crippen LogP contribution is 2.35. The van der Waals surface area contributed by atoms with Crippen LogP contribution in [0.5, 0.6) is 0 Å². The van der Waals surface area contributed by atoms with Crippen LogP contribution in [0.15, 0.2) is 48.5 Å². The Hall–Kier alpha value is -3.21. The number of benzene rings is 2. The zero-order valence-corrected chi connectivity index (χ0v) is 15.0. The number of nitrogens with one attached hydrogen (secondary N) is 1. The molecule has 0 unspecified atom stereocenters. The fraction of sp³-hybridized carbons (Fsp3) is 0.300. The lowest BCUT2D eigenvalue weighted by atomic mass is 10.1. The topological polar surface area (TPSA) is 59.4 Å². The fourth-order valence-corrected chi connectivity index (χ4v) is 3.14. The molecule has 0 radical (unpaired) electrons. The van der Waals surface area contributed by atoms with Crippen LogP contribution in [0.3, 0.4) is 0 Å². The van der Waals surface area contributed by atoms with Gasteiger partial charge in [0.05, 0.1) is 23.7 Å². The lowest BCUT2D eigenvalue weighted by Gasteiger charge is -2.36. The van der Waals surface area contributed by atoms with Gasteiger partial charge in [-0.2, -0.15) is 18.4 Å². The Morgan fingerprint density at radius 2 is 1.75 bits per heavy atom. The number of carbonyl (C=O) groups excluding carboxylic acids is 1. The molecule has 0 saturated carbocycles. The van der Waals surface area contributed by atoms with Crippen molar-refractivity contribution in [1.82, 2.24) is 4.90 Å². The van der Waals surface area contributed by atoms with E-state index in [-0.39, 0.29) is 23.7 Å². The van der Waals surface area contributed by atoms with Crippen LogP contribution in [0, 0.1) is 11.3 Å². The summed E-state index contributed by atoms with van der Waals surface area (Å²) in [5, 5.41) is 11.4. The van der Waals surface area contributed by atoms with Gasteiger partial charge in [-0.05, 0) is 30.3 Å². The van der Waals surface area contributed by atoms with Crippen molar-refractivity contribution in [2.45, 2.75) is 6.18 Å². The third-order valence-electron chi connectivity index (χ3n) is 4.64. The Morgan fingerprint density at radius 1 is 1.07 bits per heavy atom. The lowest BCUT2D eigenvalue weighted by molar-refractivity contribution is -0.137. The van der Waals surface area contributed by atoms with E-state index in [9.17, 15) is 18.0 Å². The third kappa shape index (κ3) is 4.55. The first-order valence-corrected chi connectivity index (χ1v) is 8.81. The van der Waals surface area contributed by atoms with Gasteiger partial charge in [0, 0.05) is 37.6 Å². The number of para-hydroxylation sites is 1. The second-order valence-electron chi connectivity index (χ2n) is 6.43. The zero-order valence-electron chi connectivity index (χ0n) is 15.0. The van der Waals surface area contributed by atoms with Crippen molar-refractivity contribution in [3.05, 3.63) is 59.7 Å². The smallest absolute Gasteiger partial charge is 0.376 e. The fourth-order valence-electron chi connectivity index (χ4n) is 3.14. The maximum absolute atomic E-state index is 13.2. The predicted octanol–water partition coefficient (Wildman–Crippen LogP) is 3.34. The molecule has 1 aliphatic rings. The number of rotatable bonds is 4. The standard InChI is InChI=1S/C20H19F3N4O/c21-20(22,23)17-12-15(13-24)6-7-18(17)25-14-19(28)27-10-8-26(9-11-27)16-4-2-1-3-5-16/h1-7,12,25H,8-11,14H2. The van der Waals surface area contributed by atoms with Gasteiger partial charge in [0.1, 0.15) is 0 Å². The molecule has 1 amide bonds.